The van der Waals surface area contributed by atoms with Crippen molar-refractivity contribution in [3.05, 3.63) is 59.7 Å². The number of pyridine rings is 1. The molecule has 1 amide bonds. The Bertz CT molecular complexity index is 729. The van der Waals surface area contributed by atoms with Crippen LogP contribution >= 0.6 is 0 Å². The summed E-state index contributed by atoms with van der Waals surface area (Å²) in [5, 5.41) is 3.16. The molecule has 1 saturated heterocycles. The van der Waals surface area contributed by atoms with Crippen LogP contribution in [-0.2, 0) is 6.54 Å². The summed E-state index contributed by atoms with van der Waals surface area (Å²) < 4.78 is 13.7. The van der Waals surface area contributed by atoms with Gasteiger partial charge in [-0.2, -0.15) is 0 Å². The first-order valence-electron chi connectivity index (χ1n) is 8.62. The molecule has 2 heterocycles. The summed E-state index contributed by atoms with van der Waals surface area (Å²) >= 11 is 0. The highest BCUT2D eigenvalue weighted by Gasteiger charge is 2.22. The van der Waals surface area contributed by atoms with Crippen LogP contribution in [0.4, 0.5) is 10.1 Å². The van der Waals surface area contributed by atoms with E-state index in [1.54, 1.807) is 36.5 Å². The molecular formula is C19H23FN4O. The smallest absolute Gasteiger partial charge is 0.272 e. The van der Waals surface area contributed by atoms with Crippen LogP contribution in [0.5, 0.6) is 0 Å². The number of piperazine rings is 1. The van der Waals surface area contributed by atoms with Crippen molar-refractivity contribution in [3.8, 4) is 0 Å². The van der Waals surface area contributed by atoms with E-state index in [1.807, 2.05) is 4.90 Å². The summed E-state index contributed by atoms with van der Waals surface area (Å²) in [6, 6.07) is 10.2. The number of amides is 1. The first-order valence-corrected chi connectivity index (χ1v) is 8.62. The second-order valence-corrected chi connectivity index (χ2v) is 6.10. The minimum Gasteiger partial charge on any atom is -0.381 e. The van der Waals surface area contributed by atoms with Crippen molar-refractivity contribution in [1.82, 2.24) is 14.8 Å². The van der Waals surface area contributed by atoms with Gasteiger partial charge in [0.05, 0.1) is 0 Å². The van der Waals surface area contributed by atoms with Gasteiger partial charge in [0.1, 0.15) is 11.5 Å². The molecule has 1 aliphatic rings. The molecule has 0 spiro atoms. The SMILES string of the molecule is CCN1CCN(C(=O)c2cc(NCc3ccccc3F)ccn2)CC1. The maximum atomic E-state index is 13.7. The zero-order valence-corrected chi connectivity index (χ0v) is 14.4. The maximum absolute atomic E-state index is 13.7. The van der Waals surface area contributed by atoms with Crippen molar-refractivity contribution in [2.24, 2.45) is 0 Å². The largest absolute Gasteiger partial charge is 0.381 e. The van der Waals surface area contributed by atoms with Crippen LogP contribution in [0.1, 0.15) is 23.0 Å². The highest BCUT2D eigenvalue weighted by molar-refractivity contribution is 5.93. The Kier molecular flexibility index (Phi) is 5.60. The number of carbonyl (C=O) groups excluding carboxylic acids is 1. The van der Waals surface area contributed by atoms with Gasteiger partial charge in [0.2, 0.25) is 0 Å². The van der Waals surface area contributed by atoms with Crippen molar-refractivity contribution in [2.45, 2.75) is 13.5 Å². The number of anilines is 1. The molecule has 5 nitrogen and oxygen atoms in total. The second kappa shape index (κ2) is 8.07. The summed E-state index contributed by atoms with van der Waals surface area (Å²) in [7, 11) is 0. The Balaban J connectivity index is 1.63. The fraction of sp³-hybridized carbons (Fsp3) is 0.368. The number of benzene rings is 1. The monoisotopic (exact) mass is 342 g/mol. The lowest BCUT2D eigenvalue weighted by atomic mass is 10.2. The van der Waals surface area contributed by atoms with E-state index < -0.39 is 0 Å². The van der Waals surface area contributed by atoms with Crippen molar-refractivity contribution in [3.63, 3.8) is 0 Å². The molecule has 0 unspecified atom stereocenters. The molecule has 1 fully saturated rings. The molecule has 1 aromatic heterocycles. The molecule has 2 aromatic rings. The van der Waals surface area contributed by atoms with Crippen LogP contribution in [0.3, 0.4) is 0 Å². The molecule has 6 heteroatoms. The van der Waals surface area contributed by atoms with E-state index in [9.17, 15) is 9.18 Å². The number of rotatable bonds is 5. The van der Waals surface area contributed by atoms with Gasteiger partial charge in [-0.25, -0.2) is 4.39 Å². The third kappa shape index (κ3) is 4.33. The maximum Gasteiger partial charge on any atom is 0.272 e. The highest BCUT2D eigenvalue weighted by atomic mass is 19.1. The molecule has 3 rings (SSSR count). The summed E-state index contributed by atoms with van der Waals surface area (Å²) in [5.74, 6) is -0.292. The van der Waals surface area contributed by atoms with Gasteiger partial charge < -0.3 is 15.1 Å². The van der Waals surface area contributed by atoms with Crippen molar-refractivity contribution >= 4 is 11.6 Å². The van der Waals surface area contributed by atoms with E-state index in [-0.39, 0.29) is 11.7 Å². The third-order valence-corrected chi connectivity index (χ3v) is 4.53. The summed E-state index contributed by atoms with van der Waals surface area (Å²) in [5.41, 5.74) is 1.76. The number of likely N-dealkylation sites (N-methyl/N-ethyl adjacent to an activating group) is 1. The predicted molar refractivity (Wildman–Crippen MR) is 96.0 cm³/mol. The topological polar surface area (TPSA) is 48.5 Å². The van der Waals surface area contributed by atoms with Crippen LogP contribution in [0, 0.1) is 5.82 Å². The highest BCUT2D eigenvalue weighted by Crippen LogP contribution is 2.14. The molecule has 0 radical (unpaired) electrons. The molecule has 132 valence electrons. The van der Waals surface area contributed by atoms with Crippen LogP contribution in [-0.4, -0.2) is 53.4 Å². The number of halogens is 1. The van der Waals surface area contributed by atoms with Crippen LogP contribution < -0.4 is 5.32 Å². The lowest BCUT2D eigenvalue weighted by Crippen LogP contribution is -2.48. The Hall–Kier alpha value is -2.47. The predicted octanol–water partition coefficient (Wildman–Crippen LogP) is 2.61. The van der Waals surface area contributed by atoms with Gasteiger partial charge in [0, 0.05) is 50.2 Å². The third-order valence-electron chi connectivity index (χ3n) is 4.53. The number of nitrogens with one attached hydrogen (secondary N) is 1. The zero-order valence-electron chi connectivity index (χ0n) is 14.4. The van der Waals surface area contributed by atoms with E-state index in [1.165, 1.54) is 6.07 Å². The van der Waals surface area contributed by atoms with Crippen LogP contribution in [0.25, 0.3) is 0 Å². The zero-order chi connectivity index (χ0) is 17.6. The number of carbonyl (C=O) groups is 1. The fourth-order valence-electron chi connectivity index (χ4n) is 2.93. The van der Waals surface area contributed by atoms with Gasteiger partial charge in [0.15, 0.2) is 0 Å². The van der Waals surface area contributed by atoms with Crippen LogP contribution in [0.15, 0.2) is 42.6 Å². The van der Waals surface area contributed by atoms with Gasteiger partial charge in [-0.15, -0.1) is 0 Å². The van der Waals surface area contributed by atoms with Gasteiger partial charge in [-0.05, 0) is 24.7 Å². The lowest BCUT2D eigenvalue weighted by molar-refractivity contribution is 0.0637. The van der Waals surface area contributed by atoms with Gasteiger partial charge in [-0.1, -0.05) is 25.1 Å². The molecule has 0 bridgehead atoms. The Morgan fingerprint density at radius 3 is 2.68 bits per heavy atom. The quantitative estimate of drug-likeness (QED) is 0.907. The molecule has 0 aliphatic carbocycles. The Morgan fingerprint density at radius 2 is 1.96 bits per heavy atom. The standard InChI is InChI=1S/C19H23FN4O/c1-2-23-9-11-24(12-10-23)19(25)18-13-16(7-8-21-18)22-14-15-5-3-4-6-17(15)20/h3-8,13H,2,9-12,14H2,1H3,(H,21,22). The number of aromatic nitrogens is 1. The normalized spacial score (nSPS) is 15.2. The van der Waals surface area contributed by atoms with Gasteiger partial charge >= 0.3 is 0 Å². The Morgan fingerprint density at radius 1 is 1.20 bits per heavy atom. The van der Waals surface area contributed by atoms with E-state index in [2.05, 4.69) is 22.1 Å². The molecule has 1 aromatic carbocycles. The number of nitrogens with zero attached hydrogens (tertiary/aromatic N) is 3. The lowest BCUT2D eigenvalue weighted by Gasteiger charge is -2.33. The van der Waals surface area contributed by atoms with Crippen LogP contribution in [0.2, 0.25) is 0 Å². The van der Waals surface area contributed by atoms with Crippen molar-refractivity contribution < 1.29 is 9.18 Å². The molecule has 1 aliphatic heterocycles. The second-order valence-electron chi connectivity index (χ2n) is 6.10. The minimum absolute atomic E-state index is 0.0507. The van der Waals surface area contributed by atoms with E-state index in [0.29, 0.717) is 17.8 Å². The summed E-state index contributed by atoms with van der Waals surface area (Å²) in [6.45, 7) is 6.74. The molecular weight excluding hydrogens is 319 g/mol. The number of hydrogen-bond acceptors (Lipinski definition) is 4. The minimum atomic E-state index is -0.242. The van der Waals surface area contributed by atoms with E-state index in [4.69, 9.17) is 0 Å². The average Bonchev–Trinajstić information content (AvgIpc) is 2.67. The first kappa shape index (κ1) is 17.4. The summed E-state index contributed by atoms with van der Waals surface area (Å²) in [6.07, 6.45) is 1.61. The van der Waals surface area contributed by atoms with Crippen molar-refractivity contribution in [2.75, 3.05) is 38.0 Å². The number of hydrogen-bond donors (Lipinski definition) is 1. The van der Waals surface area contributed by atoms with E-state index in [0.717, 1.165) is 38.4 Å². The molecule has 0 atom stereocenters. The summed E-state index contributed by atoms with van der Waals surface area (Å²) in [4.78, 5) is 21.0. The van der Waals surface area contributed by atoms with Crippen molar-refractivity contribution in [1.29, 1.82) is 0 Å². The average molecular weight is 342 g/mol. The molecule has 25 heavy (non-hydrogen) atoms. The van der Waals surface area contributed by atoms with Gasteiger partial charge in [0.25, 0.3) is 5.91 Å². The fourth-order valence-corrected chi connectivity index (χ4v) is 2.93. The Labute approximate surface area is 147 Å². The first-order chi connectivity index (χ1) is 12.2. The van der Waals surface area contributed by atoms with E-state index >= 15 is 0 Å². The van der Waals surface area contributed by atoms with Gasteiger partial charge in [-0.3, -0.25) is 9.78 Å². The molecule has 0 saturated carbocycles. The molecule has 1 N–H and O–H groups in total.